The van der Waals surface area contributed by atoms with Crippen LogP contribution < -0.4 is 5.32 Å². The molecule has 2 aromatic heterocycles. The number of thiazole rings is 1. The van der Waals surface area contributed by atoms with Crippen LogP contribution >= 0.6 is 11.3 Å². The van der Waals surface area contributed by atoms with Crippen molar-refractivity contribution >= 4 is 22.4 Å². The van der Waals surface area contributed by atoms with Crippen LogP contribution in [0.1, 0.15) is 16.9 Å². The third kappa shape index (κ3) is 4.57. The molecule has 2 aromatic carbocycles. The van der Waals surface area contributed by atoms with Crippen molar-refractivity contribution in [1.82, 2.24) is 14.8 Å². The number of carbonyl (C=O) groups is 1. The number of halogens is 1. The van der Waals surface area contributed by atoms with Crippen LogP contribution in [-0.4, -0.2) is 20.7 Å². The molecular weight excluding hydrogens is 387 g/mol. The fraction of sp³-hybridized carbons (Fsp3) is 0.136. The standard InChI is InChI=1S/C22H19FN4OS/c1-15-21(17-8-10-18(23)11-9-17)26-22(29-15)25-20(28)12-7-16-13-24-27(14-16)19-5-3-2-4-6-19/h2-6,8-11,13-14H,7,12H2,1H3,(H,25,26,28). The Labute approximate surface area is 171 Å². The highest BCUT2D eigenvalue weighted by Crippen LogP contribution is 2.30. The average Bonchev–Trinajstić information content (AvgIpc) is 3.34. The lowest BCUT2D eigenvalue weighted by Gasteiger charge is -2.01. The van der Waals surface area contributed by atoms with E-state index in [2.05, 4.69) is 15.4 Å². The minimum Gasteiger partial charge on any atom is -0.302 e. The van der Waals surface area contributed by atoms with Gasteiger partial charge in [-0.15, -0.1) is 11.3 Å². The van der Waals surface area contributed by atoms with E-state index < -0.39 is 0 Å². The molecule has 0 saturated heterocycles. The molecule has 2 heterocycles. The Morgan fingerprint density at radius 1 is 1.14 bits per heavy atom. The van der Waals surface area contributed by atoms with E-state index in [0.717, 1.165) is 27.4 Å². The van der Waals surface area contributed by atoms with Gasteiger partial charge in [-0.2, -0.15) is 5.10 Å². The monoisotopic (exact) mass is 406 g/mol. The first kappa shape index (κ1) is 19.0. The lowest BCUT2D eigenvalue weighted by Crippen LogP contribution is -2.12. The summed E-state index contributed by atoms with van der Waals surface area (Å²) in [5.74, 6) is -0.386. The Morgan fingerprint density at radius 2 is 1.90 bits per heavy atom. The third-order valence-electron chi connectivity index (χ3n) is 4.46. The van der Waals surface area contributed by atoms with Crippen molar-refractivity contribution < 1.29 is 9.18 Å². The summed E-state index contributed by atoms with van der Waals surface area (Å²) in [6.07, 6.45) is 4.64. The van der Waals surface area contributed by atoms with Crippen LogP contribution in [0.15, 0.2) is 67.0 Å². The molecule has 0 bridgehead atoms. The van der Waals surface area contributed by atoms with Gasteiger partial charge in [0.1, 0.15) is 5.82 Å². The molecule has 7 heteroatoms. The molecule has 0 spiro atoms. The molecule has 5 nitrogen and oxygen atoms in total. The van der Waals surface area contributed by atoms with Crippen LogP contribution in [0.2, 0.25) is 0 Å². The number of amides is 1. The van der Waals surface area contributed by atoms with Crippen LogP contribution in [0.3, 0.4) is 0 Å². The summed E-state index contributed by atoms with van der Waals surface area (Å²) in [5.41, 5.74) is 3.56. The summed E-state index contributed by atoms with van der Waals surface area (Å²) in [6, 6.07) is 16.0. The van der Waals surface area contributed by atoms with E-state index in [4.69, 9.17) is 0 Å². The van der Waals surface area contributed by atoms with Crippen LogP contribution in [0.5, 0.6) is 0 Å². The van der Waals surface area contributed by atoms with E-state index in [0.29, 0.717) is 18.0 Å². The van der Waals surface area contributed by atoms with Gasteiger partial charge in [0.2, 0.25) is 5.91 Å². The fourth-order valence-electron chi connectivity index (χ4n) is 2.98. The molecule has 4 rings (SSSR count). The predicted octanol–water partition coefficient (Wildman–Crippen LogP) is 5.01. The minimum atomic E-state index is -0.286. The lowest BCUT2D eigenvalue weighted by atomic mass is 10.1. The normalized spacial score (nSPS) is 10.8. The number of benzene rings is 2. The summed E-state index contributed by atoms with van der Waals surface area (Å²) in [4.78, 5) is 17.8. The van der Waals surface area contributed by atoms with E-state index in [-0.39, 0.29) is 11.7 Å². The molecule has 29 heavy (non-hydrogen) atoms. The van der Waals surface area contributed by atoms with Gasteiger partial charge in [-0.25, -0.2) is 14.1 Å². The summed E-state index contributed by atoms with van der Waals surface area (Å²) >= 11 is 1.41. The van der Waals surface area contributed by atoms with Gasteiger partial charge in [-0.1, -0.05) is 18.2 Å². The van der Waals surface area contributed by atoms with Gasteiger partial charge < -0.3 is 5.32 Å². The van der Waals surface area contributed by atoms with Gasteiger partial charge in [0.05, 0.1) is 17.6 Å². The van der Waals surface area contributed by atoms with Gasteiger partial charge in [0.15, 0.2) is 5.13 Å². The number of carbonyl (C=O) groups excluding carboxylic acids is 1. The van der Waals surface area contributed by atoms with Crippen LogP contribution in [-0.2, 0) is 11.2 Å². The van der Waals surface area contributed by atoms with Gasteiger partial charge in [0.25, 0.3) is 0 Å². The quantitative estimate of drug-likeness (QED) is 0.489. The van der Waals surface area contributed by atoms with Gasteiger partial charge in [0, 0.05) is 23.1 Å². The highest BCUT2D eigenvalue weighted by atomic mass is 32.1. The van der Waals surface area contributed by atoms with Crippen LogP contribution in [0.25, 0.3) is 16.9 Å². The number of anilines is 1. The second-order valence-electron chi connectivity index (χ2n) is 6.61. The van der Waals surface area contributed by atoms with E-state index >= 15 is 0 Å². The highest BCUT2D eigenvalue weighted by molar-refractivity contribution is 7.16. The second kappa shape index (κ2) is 8.36. The molecular formula is C22H19FN4OS. The van der Waals surface area contributed by atoms with Crippen molar-refractivity contribution in [2.75, 3.05) is 5.32 Å². The molecule has 0 saturated carbocycles. The van der Waals surface area contributed by atoms with Crippen molar-refractivity contribution in [3.8, 4) is 16.9 Å². The number of hydrogen-bond donors (Lipinski definition) is 1. The SMILES string of the molecule is Cc1sc(NC(=O)CCc2cnn(-c3ccccc3)c2)nc1-c1ccc(F)cc1. The minimum absolute atomic E-state index is 0.100. The topological polar surface area (TPSA) is 59.8 Å². The number of nitrogens with zero attached hydrogens (tertiary/aromatic N) is 3. The second-order valence-corrected chi connectivity index (χ2v) is 7.81. The predicted molar refractivity (Wildman–Crippen MR) is 113 cm³/mol. The maximum absolute atomic E-state index is 13.1. The van der Waals surface area contributed by atoms with Crippen LogP contribution in [0.4, 0.5) is 9.52 Å². The first-order chi connectivity index (χ1) is 14.1. The number of aromatic nitrogens is 3. The van der Waals surface area contributed by atoms with Gasteiger partial charge in [-0.05, 0) is 55.3 Å². The zero-order valence-corrected chi connectivity index (χ0v) is 16.6. The fourth-order valence-corrected chi connectivity index (χ4v) is 3.83. The van der Waals surface area contributed by atoms with Crippen molar-refractivity contribution in [3.63, 3.8) is 0 Å². The zero-order valence-electron chi connectivity index (χ0n) is 15.8. The summed E-state index contributed by atoms with van der Waals surface area (Å²) in [6.45, 7) is 1.93. The van der Waals surface area contributed by atoms with Crippen LogP contribution in [0, 0.1) is 12.7 Å². The summed E-state index contributed by atoms with van der Waals surface area (Å²) < 4.78 is 14.9. The Balaban J connectivity index is 1.36. The smallest absolute Gasteiger partial charge is 0.226 e. The molecule has 1 N–H and O–H groups in total. The molecule has 146 valence electrons. The van der Waals surface area contributed by atoms with E-state index in [1.807, 2.05) is 43.5 Å². The Morgan fingerprint density at radius 3 is 2.66 bits per heavy atom. The first-order valence-corrected chi connectivity index (χ1v) is 10.0. The van der Waals surface area contributed by atoms with Gasteiger partial charge in [-0.3, -0.25) is 4.79 Å². The number of para-hydroxylation sites is 1. The lowest BCUT2D eigenvalue weighted by molar-refractivity contribution is -0.116. The molecule has 0 aliphatic heterocycles. The molecule has 0 unspecified atom stereocenters. The number of hydrogen-bond acceptors (Lipinski definition) is 4. The molecule has 0 aliphatic rings. The highest BCUT2D eigenvalue weighted by Gasteiger charge is 2.13. The Bertz CT molecular complexity index is 1120. The maximum atomic E-state index is 13.1. The van der Waals surface area contributed by atoms with E-state index in [9.17, 15) is 9.18 Å². The van der Waals surface area contributed by atoms with Crippen molar-refractivity contribution in [2.45, 2.75) is 19.8 Å². The molecule has 0 fully saturated rings. The largest absolute Gasteiger partial charge is 0.302 e. The number of rotatable bonds is 6. The summed E-state index contributed by atoms with van der Waals surface area (Å²) in [7, 11) is 0. The van der Waals surface area contributed by atoms with Gasteiger partial charge >= 0.3 is 0 Å². The molecule has 1 amide bonds. The maximum Gasteiger partial charge on any atom is 0.226 e. The molecule has 0 atom stereocenters. The summed E-state index contributed by atoms with van der Waals surface area (Å²) in [5, 5.41) is 7.76. The van der Waals surface area contributed by atoms with Crippen molar-refractivity contribution in [2.24, 2.45) is 0 Å². The van der Waals surface area contributed by atoms with E-state index in [1.54, 1.807) is 23.0 Å². The Kier molecular flexibility index (Phi) is 5.48. The first-order valence-electron chi connectivity index (χ1n) is 9.21. The molecule has 0 aliphatic carbocycles. The number of aryl methyl sites for hydroxylation is 2. The molecule has 4 aromatic rings. The van der Waals surface area contributed by atoms with Crippen molar-refractivity contribution in [1.29, 1.82) is 0 Å². The van der Waals surface area contributed by atoms with E-state index in [1.165, 1.54) is 23.5 Å². The van der Waals surface area contributed by atoms with Crippen molar-refractivity contribution in [3.05, 3.63) is 83.2 Å². The average molecular weight is 406 g/mol. The Hall–Kier alpha value is -3.32. The zero-order chi connectivity index (χ0) is 20.2. The molecule has 0 radical (unpaired) electrons. The number of nitrogens with one attached hydrogen (secondary N) is 1. The third-order valence-corrected chi connectivity index (χ3v) is 5.34.